The summed E-state index contributed by atoms with van der Waals surface area (Å²) in [4.78, 5) is 0. The molecule has 3 nitrogen and oxygen atoms in total. The molecule has 0 spiro atoms. The van der Waals surface area contributed by atoms with Gasteiger partial charge in [-0.3, -0.25) is 0 Å². The highest BCUT2D eigenvalue weighted by Crippen LogP contribution is 2.29. The molecular formula is C26H39NO2. The Kier molecular flexibility index (Phi) is 10.5. The monoisotopic (exact) mass is 397 g/mol. The molecule has 29 heavy (non-hydrogen) atoms. The molecule has 2 aromatic rings. The molecule has 0 radical (unpaired) electrons. The zero-order valence-electron chi connectivity index (χ0n) is 18.7. The zero-order valence-corrected chi connectivity index (χ0v) is 18.7. The number of nitrogens with one attached hydrogen (secondary N) is 1. The van der Waals surface area contributed by atoms with Gasteiger partial charge in [0.2, 0.25) is 0 Å². The summed E-state index contributed by atoms with van der Waals surface area (Å²) < 4.78 is 12.2. The third-order valence-corrected chi connectivity index (χ3v) is 5.47. The lowest BCUT2D eigenvalue weighted by Crippen LogP contribution is -2.26. The Hall–Kier alpha value is -2.16. The van der Waals surface area contributed by atoms with Gasteiger partial charge < -0.3 is 14.8 Å². The van der Waals surface area contributed by atoms with Crippen LogP contribution in [0.4, 0.5) is 5.69 Å². The van der Waals surface area contributed by atoms with E-state index in [-0.39, 0.29) is 6.10 Å². The summed E-state index contributed by atoms with van der Waals surface area (Å²) >= 11 is 0. The Morgan fingerprint density at radius 3 is 2.31 bits per heavy atom. The summed E-state index contributed by atoms with van der Waals surface area (Å²) in [5, 5.41) is 3.51. The zero-order chi connectivity index (χ0) is 20.9. The van der Waals surface area contributed by atoms with Crippen molar-refractivity contribution in [3.05, 3.63) is 54.1 Å². The van der Waals surface area contributed by atoms with E-state index in [1.807, 2.05) is 12.1 Å². The molecule has 0 aliphatic heterocycles. The minimum Gasteiger partial charge on any atom is -0.494 e. The fourth-order valence-corrected chi connectivity index (χ4v) is 3.28. The SMILES string of the molecule is CCCCCCOc1ccc(NCC(CC)Oc2ccccc2C(C)CC)cc1. The Morgan fingerprint density at radius 1 is 0.862 bits per heavy atom. The molecule has 0 aliphatic rings. The van der Waals surface area contributed by atoms with E-state index in [0.29, 0.717) is 5.92 Å². The Balaban J connectivity index is 1.83. The number of unbranched alkanes of at least 4 members (excludes halogenated alkanes) is 3. The largest absolute Gasteiger partial charge is 0.494 e. The van der Waals surface area contributed by atoms with E-state index >= 15 is 0 Å². The van der Waals surface area contributed by atoms with E-state index < -0.39 is 0 Å². The van der Waals surface area contributed by atoms with E-state index in [1.54, 1.807) is 0 Å². The van der Waals surface area contributed by atoms with Gasteiger partial charge in [0, 0.05) is 5.69 Å². The first kappa shape index (κ1) is 23.1. The number of para-hydroxylation sites is 1. The van der Waals surface area contributed by atoms with Crippen molar-refractivity contribution in [2.45, 2.75) is 78.2 Å². The second-order valence-electron chi connectivity index (χ2n) is 7.81. The maximum Gasteiger partial charge on any atom is 0.123 e. The molecule has 0 amide bonds. The molecule has 0 saturated carbocycles. The molecular weight excluding hydrogens is 358 g/mol. The van der Waals surface area contributed by atoms with Gasteiger partial charge >= 0.3 is 0 Å². The average Bonchev–Trinajstić information content (AvgIpc) is 2.77. The van der Waals surface area contributed by atoms with Crippen LogP contribution in [0.2, 0.25) is 0 Å². The minimum absolute atomic E-state index is 0.134. The maximum absolute atomic E-state index is 6.36. The lowest BCUT2D eigenvalue weighted by atomic mass is 9.98. The third kappa shape index (κ3) is 8.00. The van der Waals surface area contributed by atoms with Crippen molar-refractivity contribution in [1.29, 1.82) is 0 Å². The van der Waals surface area contributed by atoms with Crippen LogP contribution in [0.1, 0.15) is 77.7 Å². The maximum atomic E-state index is 6.36. The Bertz CT molecular complexity index is 683. The topological polar surface area (TPSA) is 30.5 Å². The van der Waals surface area contributed by atoms with Crippen LogP contribution in [0.15, 0.2) is 48.5 Å². The van der Waals surface area contributed by atoms with Gasteiger partial charge in [-0.1, -0.05) is 65.2 Å². The van der Waals surface area contributed by atoms with Gasteiger partial charge in [-0.05, 0) is 61.1 Å². The van der Waals surface area contributed by atoms with E-state index in [1.165, 1.54) is 24.8 Å². The normalized spacial score (nSPS) is 13.0. The van der Waals surface area contributed by atoms with Crippen LogP contribution >= 0.6 is 0 Å². The first-order valence-corrected chi connectivity index (χ1v) is 11.4. The summed E-state index contributed by atoms with van der Waals surface area (Å²) in [6.45, 7) is 10.5. The van der Waals surface area contributed by atoms with Gasteiger partial charge in [-0.25, -0.2) is 0 Å². The van der Waals surface area contributed by atoms with Crippen LogP contribution in [-0.4, -0.2) is 19.3 Å². The van der Waals surface area contributed by atoms with Crippen LogP contribution in [0, 0.1) is 0 Å². The quantitative estimate of drug-likeness (QED) is 0.336. The molecule has 0 heterocycles. The smallest absolute Gasteiger partial charge is 0.123 e. The molecule has 1 N–H and O–H groups in total. The van der Waals surface area contributed by atoms with Gasteiger partial charge in [0.15, 0.2) is 0 Å². The molecule has 2 rings (SSSR count). The van der Waals surface area contributed by atoms with E-state index in [2.05, 4.69) is 69.4 Å². The highest BCUT2D eigenvalue weighted by Gasteiger charge is 2.14. The summed E-state index contributed by atoms with van der Waals surface area (Å²) in [7, 11) is 0. The van der Waals surface area contributed by atoms with Gasteiger partial charge in [0.1, 0.15) is 17.6 Å². The first-order chi connectivity index (χ1) is 14.2. The summed E-state index contributed by atoms with van der Waals surface area (Å²) in [5.41, 5.74) is 2.40. The Morgan fingerprint density at radius 2 is 1.62 bits per heavy atom. The predicted molar refractivity (Wildman–Crippen MR) is 124 cm³/mol. The van der Waals surface area contributed by atoms with Gasteiger partial charge in [0.05, 0.1) is 13.2 Å². The van der Waals surface area contributed by atoms with Gasteiger partial charge in [-0.2, -0.15) is 0 Å². The molecule has 3 heteroatoms. The first-order valence-electron chi connectivity index (χ1n) is 11.4. The highest BCUT2D eigenvalue weighted by molar-refractivity contribution is 5.46. The lowest BCUT2D eigenvalue weighted by Gasteiger charge is -2.22. The molecule has 0 fully saturated rings. The number of anilines is 1. The van der Waals surface area contributed by atoms with Crippen molar-refractivity contribution < 1.29 is 9.47 Å². The number of rotatable bonds is 14. The fraction of sp³-hybridized carbons (Fsp3) is 0.538. The third-order valence-electron chi connectivity index (χ3n) is 5.47. The molecule has 0 bridgehead atoms. The number of benzene rings is 2. The van der Waals surface area contributed by atoms with Crippen LogP contribution in [0.5, 0.6) is 11.5 Å². The summed E-state index contributed by atoms with van der Waals surface area (Å²) in [5.74, 6) is 2.46. The molecule has 0 aliphatic carbocycles. The molecule has 0 saturated heterocycles. The van der Waals surface area contributed by atoms with Crippen molar-refractivity contribution in [3.8, 4) is 11.5 Å². The molecule has 2 unspecified atom stereocenters. The average molecular weight is 398 g/mol. The Labute approximate surface area is 177 Å². The van der Waals surface area contributed by atoms with Crippen molar-refractivity contribution in [1.82, 2.24) is 0 Å². The van der Waals surface area contributed by atoms with Gasteiger partial charge in [0.25, 0.3) is 0 Å². The molecule has 160 valence electrons. The minimum atomic E-state index is 0.134. The predicted octanol–water partition coefficient (Wildman–Crippen LogP) is 7.43. The van der Waals surface area contributed by atoms with Crippen LogP contribution in [0.25, 0.3) is 0 Å². The number of ether oxygens (including phenoxy) is 2. The van der Waals surface area contributed by atoms with Crippen molar-refractivity contribution in [2.75, 3.05) is 18.5 Å². The van der Waals surface area contributed by atoms with Crippen LogP contribution in [-0.2, 0) is 0 Å². The second-order valence-corrected chi connectivity index (χ2v) is 7.81. The van der Waals surface area contributed by atoms with Crippen molar-refractivity contribution in [3.63, 3.8) is 0 Å². The molecule has 2 aromatic carbocycles. The van der Waals surface area contributed by atoms with Crippen molar-refractivity contribution in [2.24, 2.45) is 0 Å². The van der Waals surface area contributed by atoms with E-state index in [9.17, 15) is 0 Å². The fourth-order valence-electron chi connectivity index (χ4n) is 3.28. The van der Waals surface area contributed by atoms with Crippen LogP contribution in [0.3, 0.4) is 0 Å². The van der Waals surface area contributed by atoms with E-state index in [4.69, 9.17) is 9.47 Å². The molecule has 2 atom stereocenters. The number of hydrogen-bond acceptors (Lipinski definition) is 3. The number of hydrogen-bond donors (Lipinski definition) is 1. The molecule has 0 aromatic heterocycles. The summed E-state index contributed by atoms with van der Waals surface area (Å²) in [6.07, 6.45) is 7.12. The second kappa shape index (κ2) is 13.1. The van der Waals surface area contributed by atoms with Gasteiger partial charge in [-0.15, -0.1) is 0 Å². The van der Waals surface area contributed by atoms with E-state index in [0.717, 1.165) is 49.6 Å². The standard InChI is InChI=1S/C26H39NO2/c1-5-8-9-12-19-28-24-17-15-22(16-18-24)27-20-23(7-3)29-26-14-11-10-13-25(26)21(4)6-2/h10-11,13-18,21,23,27H,5-9,12,19-20H2,1-4H3. The summed E-state index contributed by atoms with van der Waals surface area (Å²) in [6, 6.07) is 16.7. The highest BCUT2D eigenvalue weighted by atomic mass is 16.5. The van der Waals surface area contributed by atoms with Crippen molar-refractivity contribution >= 4 is 5.69 Å². The lowest BCUT2D eigenvalue weighted by molar-refractivity contribution is 0.207. The van der Waals surface area contributed by atoms with Crippen LogP contribution < -0.4 is 14.8 Å².